The fraction of sp³-hybridized carbons (Fsp3) is 0.385. The zero-order valence-electron chi connectivity index (χ0n) is 10.2. The van der Waals surface area contributed by atoms with E-state index < -0.39 is 5.82 Å². The van der Waals surface area contributed by atoms with E-state index in [0.717, 1.165) is 0 Å². The smallest absolute Gasteiger partial charge is 0.142 e. The molecule has 1 rings (SSSR count). The first-order valence-electron chi connectivity index (χ1n) is 5.43. The van der Waals surface area contributed by atoms with E-state index in [1.165, 1.54) is 17.7 Å². The largest absolute Gasteiger partial charge is 0.307 e. The van der Waals surface area contributed by atoms with Crippen LogP contribution in [0.4, 0.5) is 4.39 Å². The maximum absolute atomic E-state index is 13.3. The molecular weight excluding hydrogens is 260 g/mol. The van der Waals surface area contributed by atoms with Crippen molar-refractivity contribution in [2.45, 2.75) is 26.8 Å². The van der Waals surface area contributed by atoms with Crippen LogP contribution in [0.2, 0.25) is 10.0 Å². The Morgan fingerprint density at radius 3 is 2.65 bits per heavy atom. The minimum Gasteiger partial charge on any atom is -0.307 e. The molecule has 0 saturated carbocycles. The summed E-state index contributed by atoms with van der Waals surface area (Å²) < 4.78 is 13.3. The van der Waals surface area contributed by atoms with E-state index in [9.17, 15) is 4.39 Å². The average molecular weight is 276 g/mol. The van der Waals surface area contributed by atoms with E-state index >= 15 is 0 Å². The summed E-state index contributed by atoms with van der Waals surface area (Å²) in [6.45, 7) is 6.65. The van der Waals surface area contributed by atoms with Crippen LogP contribution in [0.25, 0.3) is 0 Å². The molecule has 94 valence electrons. The van der Waals surface area contributed by atoms with Crippen LogP contribution >= 0.6 is 23.2 Å². The normalized spacial score (nSPS) is 12.4. The van der Waals surface area contributed by atoms with Gasteiger partial charge in [-0.25, -0.2) is 4.39 Å². The number of hydrogen-bond acceptors (Lipinski definition) is 1. The Labute approximate surface area is 112 Å². The summed E-state index contributed by atoms with van der Waals surface area (Å²) in [6.07, 6.45) is 2.05. The molecule has 0 heterocycles. The third-order valence-electron chi connectivity index (χ3n) is 2.45. The Balaban J connectivity index is 2.85. The Morgan fingerprint density at radius 2 is 2.06 bits per heavy atom. The summed E-state index contributed by atoms with van der Waals surface area (Å²) in [6, 6.07) is 2.70. The SMILES string of the molecule is CC(C)=CCNC(C)c1c(Cl)ccc(F)c1Cl. The Morgan fingerprint density at radius 1 is 1.41 bits per heavy atom. The van der Waals surface area contributed by atoms with Gasteiger partial charge in [-0.05, 0) is 32.9 Å². The predicted octanol–water partition coefficient (Wildman–Crippen LogP) is 4.75. The fourth-order valence-corrected chi connectivity index (χ4v) is 2.18. The van der Waals surface area contributed by atoms with Gasteiger partial charge in [-0.2, -0.15) is 0 Å². The van der Waals surface area contributed by atoms with Gasteiger partial charge in [-0.3, -0.25) is 0 Å². The van der Waals surface area contributed by atoms with Crippen molar-refractivity contribution in [3.8, 4) is 0 Å². The van der Waals surface area contributed by atoms with Gasteiger partial charge in [-0.1, -0.05) is 34.9 Å². The van der Waals surface area contributed by atoms with Crippen LogP contribution in [0.3, 0.4) is 0 Å². The van der Waals surface area contributed by atoms with Gasteiger partial charge in [0.15, 0.2) is 0 Å². The summed E-state index contributed by atoms with van der Waals surface area (Å²) in [4.78, 5) is 0. The molecule has 0 radical (unpaired) electrons. The predicted molar refractivity (Wildman–Crippen MR) is 72.3 cm³/mol. The van der Waals surface area contributed by atoms with Crippen molar-refractivity contribution >= 4 is 23.2 Å². The zero-order chi connectivity index (χ0) is 13.0. The van der Waals surface area contributed by atoms with E-state index in [2.05, 4.69) is 11.4 Å². The maximum Gasteiger partial charge on any atom is 0.142 e. The molecule has 0 amide bonds. The van der Waals surface area contributed by atoms with Gasteiger partial charge in [0.2, 0.25) is 0 Å². The van der Waals surface area contributed by atoms with E-state index in [1.54, 1.807) is 0 Å². The number of allylic oxidation sites excluding steroid dienone is 1. The lowest BCUT2D eigenvalue weighted by molar-refractivity contribution is 0.595. The Kier molecular flexibility index (Phi) is 5.44. The fourth-order valence-electron chi connectivity index (χ4n) is 1.48. The lowest BCUT2D eigenvalue weighted by atomic mass is 10.1. The quantitative estimate of drug-likeness (QED) is 0.618. The molecule has 0 saturated heterocycles. The lowest BCUT2D eigenvalue weighted by Gasteiger charge is -2.16. The van der Waals surface area contributed by atoms with Crippen LogP contribution in [0.5, 0.6) is 0 Å². The molecule has 0 aliphatic carbocycles. The van der Waals surface area contributed by atoms with E-state index in [0.29, 0.717) is 17.1 Å². The minimum absolute atomic E-state index is 0.0923. The molecule has 0 aromatic heterocycles. The molecule has 1 aromatic rings. The van der Waals surface area contributed by atoms with Gasteiger partial charge >= 0.3 is 0 Å². The first-order valence-corrected chi connectivity index (χ1v) is 6.19. The van der Waals surface area contributed by atoms with Gasteiger partial charge in [0.05, 0.1) is 5.02 Å². The molecule has 4 heteroatoms. The van der Waals surface area contributed by atoms with Crippen LogP contribution in [-0.2, 0) is 0 Å². The summed E-state index contributed by atoms with van der Waals surface area (Å²) in [5.41, 5.74) is 1.83. The second-order valence-electron chi connectivity index (χ2n) is 4.17. The third-order valence-corrected chi connectivity index (χ3v) is 3.16. The molecule has 0 bridgehead atoms. The monoisotopic (exact) mass is 275 g/mol. The third kappa shape index (κ3) is 3.98. The van der Waals surface area contributed by atoms with E-state index in [4.69, 9.17) is 23.2 Å². The van der Waals surface area contributed by atoms with Crippen molar-refractivity contribution in [2.75, 3.05) is 6.54 Å². The number of halogens is 3. The summed E-state index contributed by atoms with van der Waals surface area (Å²) >= 11 is 12.0. The highest BCUT2D eigenvalue weighted by molar-refractivity contribution is 6.36. The summed E-state index contributed by atoms with van der Waals surface area (Å²) in [5.74, 6) is -0.443. The molecule has 1 N–H and O–H groups in total. The van der Waals surface area contributed by atoms with E-state index in [1.807, 2.05) is 20.8 Å². The first-order chi connectivity index (χ1) is 7.93. The van der Waals surface area contributed by atoms with Crippen molar-refractivity contribution in [1.82, 2.24) is 5.32 Å². The van der Waals surface area contributed by atoms with Crippen LogP contribution in [0.15, 0.2) is 23.8 Å². The average Bonchev–Trinajstić information content (AvgIpc) is 2.23. The second-order valence-corrected chi connectivity index (χ2v) is 4.95. The van der Waals surface area contributed by atoms with Crippen molar-refractivity contribution in [1.29, 1.82) is 0 Å². The van der Waals surface area contributed by atoms with Crippen molar-refractivity contribution in [3.05, 3.63) is 45.2 Å². The summed E-state index contributed by atoms with van der Waals surface area (Å²) in [5, 5.41) is 3.80. The van der Waals surface area contributed by atoms with Crippen molar-refractivity contribution in [2.24, 2.45) is 0 Å². The van der Waals surface area contributed by atoms with Gasteiger partial charge in [0, 0.05) is 23.2 Å². The second kappa shape index (κ2) is 6.39. The maximum atomic E-state index is 13.3. The van der Waals surface area contributed by atoms with E-state index in [-0.39, 0.29) is 11.1 Å². The van der Waals surface area contributed by atoms with Gasteiger partial charge in [0.25, 0.3) is 0 Å². The highest BCUT2D eigenvalue weighted by atomic mass is 35.5. The summed E-state index contributed by atoms with van der Waals surface area (Å²) in [7, 11) is 0. The number of rotatable bonds is 4. The van der Waals surface area contributed by atoms with Crippen molar-refractivity contribution in [3.63, 3.8) is 0 Å². The molecule has 0 aliphatic heterocycles. The Hall–Kier alpha value is -0.570. The highest BCUT2D eigenvalue weighted by Gasteiger charge is 2.16. The van der Waals surface area contributed by atoms with Gasteiger partial charge in [-0.15, -0.1) is 0 Å². The number of hydrogen-bond donors (Lipinski definition) is 1. The van der Waals surface area contributed by atoms with Gasteiger partial charge in [0.1, 0.15) is 5.82 Å². The molecule has 0 spiro atoms. The molecule has 0 aliphatic rings. The first kappa shape index (κ1) is 14.5. The number of nitrogens with one attached hydrogen (secondary N) is 1. The van der Waals surface area contributed by atoms with Crippen LogP contribution in [0, 0.1) is 5.82 Å². The van der Waals surface area contributed by atoms with Gasteiger partial charge < -0.3 is 5.32 Å². The molecule has 0 fully saturated rings. The van der Waals surface area contributed by atoms with Crippen LogP contribution in [-0.4, -0.2) is 6.54 Å². The Bertz CT molecular complexity index is 426. The minimum atomic E-state index is -0.443. The molecule has 1 nitrogen and oxygen atoms in total. The standard InChI is InChI=1S/C13H16Cl2FN/c1-8(2)6-7-17-9(3)12-10(14)4-5-11(16)13(12)15/h4-6,9,17H,7H2,1-3H3. The van der Waals surface area contributed by atoms with Crippen LogP contribution < -0.4 is 5.32 Å². The molecule has 1 aromatic carbocycles. The molecular formula is C13H16Cl2FN. The topological polar surface area (TPSA) is 12.0 Å². The molecule has 17 heavy (non-hydrogen) atoms. The zero-order valence-corrected chi connectivity index (χ0v) is 11.7. The molecule has 1 atom stereocenters. The number of benzene rings is 1. The molecule has 1 unspecified atom stereocenters. The lowest BCUT2D eigenvalue weighted by Crippen LogP contribution is -2.19. The van der Waals surface area contributed by atoms with Crippen LogP contribution in [0.1, 0.15) is 32.4 Å². The highest BCUT2D eigenvalue weighted by Crippen LogP contribution is 2.32. The van der Waals surface area contributed by atoms with Crippen molar-refractivity contribution < 1.29 is 4.39 Å².